The van der Waals surface area contributed by atoms with Gasteiger partial charge in [0.1, 0.15) is 0 Å². The maximum Gasteiger partial charge on any atom is 0.183 e. The van der Waals surface area contributed by atoms with Gasteiger partial charge in [-0.05, 0) is 147 Å². The van der Waals surface area contributed by atoms with Crippen LogP contribution in [0.3, 0.4) is 0 Å². The summed E-state index contributed by atoms with van der Waals surface area (Å²) in [7, 11) is 0. The van der Waals surface area contributed by atoms with Crippen molar-refractivity contribution >= 4 is 44.4 Å². The first kappa shape index (κ1) is 59.5. The Hall–Kier alpha value is -5.12. The van der Waals surface area contributed by atoms with Gasteiger partial charge in [-0.25, -0.2) is 9.97 Å². The summed E-state index contributed by atoms with van der Waals surface area (Å²) in [4.78, 5) is 20.3. The zero-order chi connectivity index (χ0) is 56.6. The Labute approximate surface area is 481 Å². The highest BCUT2D eigenvalue weighted by Crippen LogP contribution is 2.46. The lowest BCUT2D eigenvalue weighted by atomic mass is 9.93. The number of nitrogens with zero attached hydrogens (tertiary/aromatic N) is 2. The van der Waals surface area contributed by atoms with Gasteiger partial charge in [0, 0.05) is 44.1 Å². The predicted molar refractivity (Wildman–Crippen MR) is 336 cm³/mol. The molecule has 0 amide bonds. The van der Waals surface area contributed by atoms with Crippen molar-refractivity contribution in [1.82, 2.24) is 19.9 Å². The maximum absolute atomic E-state index is 6.35. The molecule has 0 atom stereocenters. The molecule has 4 aliphatic heterocycles. The Bertz CT molecular complexity index is 2930. The Kier molecular flexibility index (Phi) is 20.0. The van der Waals surface area contributed by atoms with Crippen LogP contribution in [0, 0.1) is 24.7 Å². The van der Waals surface area contributed by atoms with Crippen LogP contribution in [-0.4, -0.2) is 46.4 Å². The molecule has 80 heavy (non-hydrogen) atoms. The zero-order valence-electron chi connectivity index (χ0n) is 51.4. The van der Waals surface area contributed by atoms with Crippen molar-refractivity contribution in [1.29, 1.82) is 0 Å². The van der Waals surface area contributed by atoms with Gasteiger partial charge in [0.2, 0.25) is 0 Å². The summed E-state index contributed by atoms with van der Waals surface area (Å²) in [6, 6.07) is 22.9. The van der Waals surface area contributed by atoms with Crippen molar-refractivity contribution in [3.8, 4) is 22.3 Å². The number of nitrogens with one attached hydrogen (secondary N) is 2. The minimum Gasteiger partial charge on any atom is -0.354 e. The number of hydrogen-bond donors (Lipinski definition) is 2. The van der Waals surface area contributed by atoms with E-state index >= 15 is 0 Å². The van der Waals surface area contributed by atoms with Gasteiger partial charge in [-0.15, -0.1) is 0 Å². The van der Waals surface area contributed by atoms with Crippen LogP contribution in [0.5, 0.6) is 0 Å². The summed E-state index contributed by atoms with van der Waals surface area (Å²) in [6.45, 7) is 30.1. The van der Waals surface area contributed by atoms with Crippen molar-refractivity contribution in [2.24, 2.45) is 10.8 Å². The standard InChI is InChI=1S/C72H98N4O4/c1-13-17-21-25-29-55-47(5)65-63(51-33-37-53(38-34-51)69-77-43-71(9,10)44-78-69)66-49(7)57(31-27-23-19-15-3)61(75-66)42-62-58(32-28-24-20-16-4)50(8)68(76-62)64(52-35-39-54(40-36-52)70-79-45-72(11,12)46-80-70)67-48(6)56(30-26-22-18-14-2)60(74-67)41-59(55)73-65/h33-42,69-70,73,76H,13-32,43-46H2,1-12H3. The van der Waals surface area contributed by atoms with Crippen molar-refractivity contribution in [3.05, 3.63) is 117 Å². The molecule has 0 aliphatic carbocycles. The fraction of sp³-hybridized carbons (Fsp3) is 0.556. The molecule has 3 aromatic heterocycles. The number of aryl methyl sites for hydroxylation is 4. The lowest BCUT2D eigenvalue weighted by Gasteiger charge is -2.34. The van der Waals surface area contributed by atoms with Crippen molar-refractivity contribution in [2.75, 3.05) is 26.4 Å². The van der Waals surface area contributed by atoms with Gasteiger partial charge >= 0.3 is 0 Å². The molecule has 0 radical (unpaired) electrons. The van der Waals surface area contributed by atoms with Gasteiger partial charge in [-0.1, -0.05) is 181 Å². The number of hydrogen-bond acceptors (Lipinski definition) is 6. The summed E-state index contributed by atoms with van der Waals surface area (Å²) in [5.74, 6) is 0. The predicted octanol–water partition coefficient (Wildman–Crippen LogP) is 20.5. The fourth-order valence-electron chi connectivity index (χ4n) is 12.6. The van der Waals surface area contributed by atoms with E-state index in [-0.39, 0.29) is 23.4 Å². The second kappa shape index (κ2) is 26.9. The number of unbranched alkanes of at least 4 members (excludes halogenated alkanes) is 12. The molecule has 2 saturated heterocycles. The number of aromatic nitrogens is 4. The quantitative estimate of drug-likeness (QED) is 0.0598. The van der Waals surface area contributed by atoms with Crippen LogP contribution in [0.2, 0.25) is 0 Å². The largest absolute Gasteiger partial charge is 0.354 e. The van der Waals surface area contributed by atoms with E-state index in [1.807, 2.05) is 0 Å². The minimum absolute atomic E-state index is 0.0103. The first-order valence-corrected chi connectivity index (χ1v) is 31.5. The molecule has 8 nitrogen and oxygen atoms in total. The number of benzene rings is 2. The highest BCUT2D eigenvalue weighted by atomic mass is 16.7. The van der Waals surface area contributed by atoms with E-state index in [1.54, 1.807) is 0 Å². The molecule has 7 heterocycles. The third-order valence-corrected chi connectivity index (χ3v) is 17.6. The first-order valence-electron chi connectivity index (χ1n) is 31.5. The molecule has 2 fully saturated rings. The zero-order valence-corrected chi connectivity index (χ0v) is 51.4. The Morgan fingerprint density at radius 3 is 1.09 bits per heavy atom. The number of H-pyrrole nitrogens is 2. The van der Waals surface area contributed by atoms with Crippen LogP contribution in [0.25, 0.3) is 66.6 Å². The second-order valence-corrected chi connectivity index (χ2v) is 25.7. The summed E-state index contributed by atoms with van der Waals surface area (Å²) in [5.41, 5.74) is 26.1. The van der Waals surface area contributed by atoms with Gasteiger partial charge in [0.15, 0.2) is 12.6 Å². The molecule has 8 bridgehead atoms. The molecule has 430 valence electrons. The van der Waals surface area contributed by atoms with Crippen molar-refractivity contribution in [2.45, 2.75) is 224 Å². The third-order valence-electron chi connectivity index (χ3n) is 17.6. The minimum atomic E-state index is -0.389. The Morgan fingerprint density at radius 1 is 0.438 bits per heavy atom. The molecule has 0 unspecified atom stereocenters. The monoisotopic (exact) mass is 1080 g/mol. The van der Waals surface area contributed by atoms with Gasteiger partial charge in [-0.2, -0.15) is 0 Å². The lowest BCUT2D eigenvalue weighted by Crippen LogP contribution is -2.33. The number of allylic oxidation sites excluding steroid dienone is 4. The number of aromatic amines is 2. The van der Waals surface area contributed by atoms with E-state index in [9.17, 15) is 0 Å². The molecule has 2 N–H and O–H groups in total. The van der Waals surface area contributed by atoms with Gasteiger partial charge in [0.25, 0.3) is 0 Å². The van der Waals surface area contributed by atoms with E-state index < -0.39 is 0 Å². The average Bonchev–Trinajstić information content (AvgIpc) is 4.13. The fourth-order valence-corrected chi connectivity index (χ4v) is 12.6. The van der Waals surface area contributed by atoms with E-state index in [0.717, 1.165) is 130 Å². The van der Waals surface area contributed by atoms with Crippen LogP contribution in [0.15, 0.2) is 60.7 Å². The third kappa shape index (κ3) is 13.5. The van der Waals surface area contributed by atoms with E-state index in [4.69, 9.17) is 28.9 Å². The topological polar surface area (TPSA) is 94.3 Å². The molecule has 0 saturated carbocycles. The SMILES string of the molecule is CCCCCCC1=C(C)c2nc1cc1[nH]c(c(C)c1CCCCCC)c(-c1ccc(C3OCC(C)(C)CO3)cc1)c1nc(cc3[nH]c(c(C)c3CCCCCC)c2-c2ccc(C3OCC(C)(C)CO3)cc2)C(CCCCCC)=C1C. The smallest absolute Gasteiger partial charge is 0.183 e. The molecular formula is C72H98N4O4. The van der Waals surface area contributed by atoms with Crippen LogP contribution >= 0.6 is 0 Å². The summed E-state index contributed by atoms with van der Waals surface area (Å²) in [5, 5.41) is 0. The second-order valence-electron chi connectivity index (χ2n) is 25.7. The van der Waals surface area contributed by atoms with Crippen LogP contribution in [-0.2, 0) is 31.8 Å². The molecular weight excluding hydrogens is 985 g/mol. The number of ether oxygens (including phenoxy) is 4. The Balaban J connectivity index is 1.37. The van der Waals surface area contributed by atoms with E-state index in [1.165, 1.54) is 122 Å². The summed E-state index contributed by atoms with van der Waals surface area (Å²) < 4.78 is 25.4. The van der Waals surface area contributed by atoms with Gasteiger partial charge in [-0.3, -0.25) is 0 Å². The van der Waals surface area contributed by atoms with Crippen molar-refractivity contribution < 1.29 is 18.9 Å². The normalized spacial score (nSPS) is 16.9. The molecule has 9 rings (SSSR count). The van der Waals surface area contributed by atoms with Gasteiger partial charge in [0.05, 0.1) is 60.2 Å². The number of fused-ring (bicyclic) bond motifs is 8. The molecule has 5 aromatic rings. The summed E-state index contributed by atoms with van der Waals surface area (Å²) >= 11 is 0. The van der Waals surface area contributed by atoms with Gasteiger partial charge < -0.3 is 28.9 Å². The number of rotatable bonds is 24. The lowest BCUT2D eigenvalue weighted by molar-refractivity contribution is -0.226. The van der Waals surface area contributed by atoms with E-state index in [2.05, 4.69) is 154 Å². The molecule has 8 heteroatoms. The van der Waals surface area contributed by atoms with Crippen LogP contribution in [0.1, 0.15) is 254 Å². The van der Waals surface area contributed by atoms with Crippen LogP contribution in [0.4, 0.5) is 0 Å². The maximum atomic E-state index is 6.35. The van der Waals surface area contributed by atoms with Crippen molar-refractivity contribution in [3.63, 3.8) is 0 Å². The molecule has 4 aliphatic rings. The molecule has 2 aromatic carbocycles. The Morgan fingerprint density at radius 2 is 0.762 bits per heavy atom. The first-order chi connectivity index (χ1) is 38.6. The summed E-state index contributed by atoms with van der Waals surface area (Å²) in [6.07, 6.45) is 22.2. The molecule has 0 spiro atoms. The highest BCUT2D eigenvalue weighted by molar-refractivity contribution is 6.03. The van der Waals surface area contributed by atoms with Crippen LogP contribution < -0.4 is 0 Å². The average molecular weight is 1080 g/mol. The highest BCUT2D eigenvalue weighted by Gasteiger charge is 2.32. The van der Waals surface area contributed by atoms with E-state index in [0.29, 0.717) is 26.4 Å².